The topological polar surface area (TPSA) is 127 Å². The van der Waals surface area contributed by atoms with Crippen molar-refractivity contribution in [3.8, 4) is 17.6 Å². The quantitative estimate of drug-likeness (QED) is 0.493. The van der Waals surface area contributed by atoms with Gasteiger partial charge in [-0.3, -0.25) is 9.59 Å². The van der Waals surface area contributed by atoms with Crippen molar-refractivity contribution in [2.24, 2.45) is 0 Å². The Balaban J connectivity index is 1.33. The lowest BCUT2D eigenvalue weighted by molar-refractivity contribution is -0.137. The molecule has 0 spiro atoms. The molecule has 2 amide bonds. The number of aryl methyl sites for hydroxylation is 1. The van der Waals surface area contributed by atoms with Gasteiger partial charge in [-0.2, -0.15) is 5.26 Å². The normalized spacial score (nSPS) is 14.8. The fourth-order valence-electron chi connectivity index (χ4n) is 4.22. The van der Waals surface area contributed by atoms with Crippen molar-refractivity contribution in [1.29, 1.82) is 5.26 Å². The third-order valence-electron chi connectivity index (χ3n) is 6.06. The van der Waals surface area contributed by atoms with Crippen molar-refractivity contribution >= 4 is 34.1 Å². The second-order valence-corrected chi connectivity index (χ2v) is 9.63. The van der Waals surface area contributed by atoms with Gasteiger partial charge in [-0.15, -0.1) is 11.3 Å². The molecule has 196 valence electrons. The van der Waals surface area contributed by atoms with Gasteiger partial charge >= 0.3 is 5.97 Å². The van der Waals surface area contributed by atoms with Crippen molar-refractivity contribution < 1.29 is 33.3 Å². The number of ether oxygens (including phenoxy) is 4. The number of hydrogen-bond donors (Lipinski definition) is 1. The first-order valence-corrected chi connectivity index (χ1v) is 13.1. The van der Waals surface area contributed by atoms with E-state index in [1.165, 1.54) is 29.5 Å². The summed E-state index contributed by atoms with van der Waals surface area (Å²) in [6, 6.07) is 6.67. The molecule has 1 aromatic heterocycles. The minimum atomic E-state index is -0.710. The first kappa shape index (κ1) is 26.4. The van der Waals surface area contributed by atoms with E-state index in [0.717, 1.165) is 36.1 Å². The number of carbonyl (C=O) groups excluding carboxylic acids is 3. The number of esters is 1. The molecule has 0 saturated carbocycles. The van der Waals surface area contributed by atoms with Gasteiger partial charge in [0.2, 0.25) is 0 Å². The molecule has 1 aromatic carbocycles. The summed E-state index contributed by atoms with van der Waals surface area (Å²) in [6.45, 7) is 3.48. The molecular weight excluding hydrogens is 498 g/mol. The third kappa shape index (κ3) is 6.58. The van der Waals surface area contributed by atoms with E-state index in [9.17, 15) is 19.6 Å². The number of anilines is 1. The van der Waals surface area contributed by atoms with Crippen LogP contribution in [0.4, 0.5) is 5.00 Å². The Hall–Kier alpha value is -3.62. The van der Waals surface area contributed by atoms with Gasteiger partial charge in [0.1, 0.15) is 11.1 Å². The maximum atomic E-state index is 12.6. The number of morpholine rings is 1. The number of nitrogens with one attached hydrogen (secondary N) is 1. The van der Waals surface area contributed by atoms with E-state index in [1.807, 2.05) is 0 Å². The molecule has 0 atom stereocenters. The number of rotatable bonds is 9. The Morgan fingerprint density at radius 2 is 1.89 bits per heavy atom. The minimum absolute atomic E-state index is 0.161. The monoisotopic (exact) mass is 527 g/mol. The Morgan fingerprint density at radius 1 is 1.11 bits per heavy atom. The van der Waals surface area contributed by atoms with Gasteiger partial charge in [0, 0.05) is 18.0 Å². The number of nitriles is 1. The van der Waals surface area contributed by atoms with E-state index in [1.54, 1.807) is 11.8 Å². The minimum Gasteiger partial charge on any atom is -0.490 e. The Labute approximate surface area is 219 Å². The lowest BCUT2D eigenvalue weighted by Crippen LogP contribution is -2.43. The van der Waals surface area contributed by atoms with Gasteiger partial charge in [-0.05, 0) is 56.4 Å². The van der Waals surface area contributed by atoms with Crippen molar-refractivity contribution in [3.63, 3.8) is 0 Å². The fourth-order valence-corrected chi connectivity index (χ4v) is 5.47. The molecule has 0 radical (unpaired) electrons. The molecule has 1 fully saturated rings. The summed E-state index contributed by atoms with van der Waals surface area (Å²) in [6.07, 6.45) is 3.84. The second-order valence-electron chi connectivity index (χ2n) is 8.53. The molecule has 1 aliphatic carbocycles. The smallest absolute Gasteiger partial charge is 0.338 e. The van der Waals surface area contributed by atoms with Gasteiger partial charge in [0.15, 0.2) is 24.7 Å². The fraction of sp³-hybridized carbons (Fsp3) is 0.462. The van der Waals surface area contributed by atoms with E-state index < -0.39 is 18.5 Å². The van der Waals surface area contributed by atoms with Crippen LogP contribution in [0.3, 0.4) is 0 Å². The standard InChI is InChI=1S/C26H29N3O7S/c1-2-34-21-13-17(7-8-20(21)35-16-24(31)29-9-11-33-12-10-29)26(32)36-15-23(30)28-25-19(14-27)18-5-3-4-6-22(18)37-25/h7-8,13H,2-6,9-12,15-16H2,1H3,(H,28,30). The highest BCUT2D eigenvalue weighted by molar-refractivity contribution is 7.16. The first-order valence-electron chi connectivity index (χ1n) is 12.3. The summed E-state index contributed by atoms with van der Waals surface area (Å²) in [5, 5.41) is 12.8. The zero-order valence-electron chi connectivity index (χ0n) is 20.7. The zero-order chi connectivity index (χ0) is 26.2. The summed E-state index contributed by atoms with van der Waals surface area (Å²) in [7, 11) is 0. The van der Waals surface area contributed by atoms with Crippen LogP contribution in [0.25, 0.3) is 0 Å². The second kappa shape index (κ2) is 12.6. The highest BCUT2D eigenvalue weighted by Crippen LogP contribution is 2.37. The maximum Gasteiger partial charge on any atom is 0.338 e. The van der Waals surface area contributed by atoms with E-state index in [4.69, 9.17) is 18.9 Å². The van der Waals surface area contributed by atoms with Gasteiger partial charge in [-0.25, -0.2) is 4.79 Å². The maximum absolute atomic E-state index is 12.6. The van der Waals surface area contributed by atoms with Crippen molar-refractivity contribution in [2.45, 2.75) is 32.6 Å². The first-order chi connectivity index (χ1) is 18.0. The zero-order valence-corrected chi connectivity index (χ0v) is 21.5. The van der Waals surface area contributed by atoms with Crippen molar-refractivity contribution in [2.75, 3.05) is 51.4 Å². The van der Waals surface area contributed by atoms with Crippen LogP contribution in [0.15, 0.2) is 18.2 Å². The van der Waals surface area contributed by atoms with Crippen LogP contribution in [0.1, 0.15) is 46.1 Å². The molecule has 4 rings (SSSR count). The van der Waals surface area contributed by atoms with Crippen LogP contribution in [0.2, 0.25) is 0 Å². The summed E-state index contributed by atoms with van der Waals surface area (Å²) < 4.78 is 21.7. The highest BCUT2D eigenvalue weighted by Gasteiger charge is 2.23. The molecule has 1 aliphatic heterocycles. The van der Waals surface area contributed by atoms with Gasteiger partial charge in [-0.1, -0.05) is 0 Å². The molecule has 11 heteroatoms. The number of benzene rings is 1. The van der Waals surface area contributed by atoms with Crippen LogP contribution in [0, 0.1) is 11.3 Å². The van der Waals surface area contributed by atoms with E-state index in [-0.39, 0.29) is 18.1 Å². The van der Waals surface area contributed by atoms with Crippen molar-refractivity contribution in [1.82, 2.24) is 4.90 Å². The molecule has 10 nitrogen and oxygen atoms in total. The van der Waals surface area contributed by atoms with Crippen LogP contribution in [0.5, 0.6) is 11.5 Å². The van der Waals surface area contributed by atoms with Crippen LogP contribution in [-0.4, -0.2) is 68.8 Å². The highest BCUT2D eigenvalue weighted by atomic mass is 32.1. The molecule has 0 bridgehead atoms. The van der Waals surface area contributed by atoms with Gasteiger partial charge < -0.3 is 29.2 Å². The number of fused-ring (bicyclic) bond motifs is 1. The molecule has 2 aromatic rings. The molecule has 1 N–H and O–H groups in total. The largest absolute Gasteiger partial charge is 0.490 e. The van der Waals surface area contributed by atoms with E-state index in [2.05, 4.69) is 11.4 Å². The molecule has 0 unspecified atom stereocenters. The van der Waals surface area contributed by atoms with E-state index >= 15 is 0 Å². The van der Waals surface area contributed by atoms with Crippen LogP contribution < -0.4 is 14.8 Å². The summed E-state index contributed by atoms with van der Waals surface area (Å²) in [5.41, 5.74) is 1.69. The summed E-state index contributed by atoms with van der Waals surface area (Å²) in [5.74, 6) is -0.776. The average molecular weight is 528 g/mol. The summed E-state index contributed by atoms with van der Waals surface area (Å²) in [4.78, 5) is 40.2. The number of nitrogens with zero attached hydrogens (tertiary/aromatic N) is 2. The Bertz CT molecular complexity index is 1200. The lowest BCUT2D eigenvalue weighted by atomic mass is 9.96. The molecule has 2 aliphatic rings. The average Bonchev–Trinajstić information content (AvgIpc) is 3.28. The lowest BCUT2D eigenvalue weighted by Gasteiger charge is -2.26. The summed E-state index contributed by atoms with van der Waals surface area (Å²) >= 11 is 1.41. The number of amides is 2. The molecular formula is C26H29N3O7S. The SMILES string of the molecule is CCOc1cc(C(=O)OCC(=O)Nc2sc3c(c2C#N)CCCC3)ccc1OCC(=O)N1CCOCC1. The molecule has 1 saturated heterocycles. The molecule has 2 heterocycles. The van der Waals surface area contributed by atoms with Crippen LogP contribution in [-0.2, 0) is 31.9 Å². The number of carbonyl (C=O) groups is 3. The van der Waals surface area contributed by atoms with Gasteiger partial charge in [0.05, 0.1) is 30.9 Å². The van der Waals surface area contributed by atoms with E-state index in [0.29, 0.717) is 55.0 Å². The Morgan fingerprint density at radius 3 is 2.65 bits per heavy atom. The third-order valence-corrected chi connectivity index (χ3v) is 7.27. The predicted molar refractivity (Wildman–Crippen MR) is 135 cm³/mol. The predicted octanol–water partition coefficient (Wildman–Crippen LogP) is 2.93. The van der Waals surface area contributed by atoms with Crippen molar-refractivity contribution in [3.05, 3.63) is 39.8 Å². The Kier molecular flexibility index (Phi) is 8.98. The number of thiophene rings is 1. The van der Waals surface area contributed by atoms with Crippen LogP contribution >= 0.6 is 11.3 Å². The number of hydrogen-bond acceptors (Lipinski definition) is 9. The van der Waals surface area contributed by atoms with Gasteiger partial charge in [0.25, 0.3) is 11.8 Å². The molecule has 37 heavy (non-hydrogen) atoms.